The minimum absolute atomic E-state index is 0.104. The van der Waals surface area contributed by atoms with E-state index >= 15 is 0 Å². The first-order valence-electron chi connectivity index (χ1n) is 8.34. The van der Waals surface area contributed by atoms with E-state index in [1.807, 2.05) is 24.3 Å². The summed E-state index contributed by atoms with van der Waals surface area (Å²) in [7, 11) is 0. The molecule has 144 valence electrons. The van der Waals surface area contributed by atoms with Gasteiger partial charge in [0, 0.05) is 23.4 Å². The number of aliphatic carboxylic acids is 1. The molecule has 0 aliphatic rings. The number of carbonyl (C=O) groups excluding carboxylic acids is 2. The third-order valence-electron chi connectivity index (χ3n) is 3.52. The molecule has 2 N–H and O–H groups in total. The number of carboxylic acids is 1. The number of ether oxygens (including phenoxy) is 2. The SMILES string of the molecule is CCC(=O)O[C@H](OC(=O)NC[C@H](Cc1cccc(Br)c1)C(=O)O)C(C)C. The van der Waals surface area contributed by atoms with Crippen LogP contribution >= 0.6 is 15.9 Å². The van der Waals surface area contributed by atoms with Crippen molar-refractivity contribution in [2.75, 3.05) is 6.54 Å². The molecular weight excluding hydrogens is 406 g/mol. The molecule has 26 heavy (non-hydrogen) atoms. The summed E-state index contributed by atoms with van der Waals surface area (Å²) in [6.07, 6.45) is -1.42. The second kappa shape index (κ2) is 10.8. The average molecular weight is 430 g/mol. The molecule has 0 aromatic heterocycles. The summed E-state index contributed by atoms with van der Waals surface area (Å²) in [6.45, 7) is 5.02. The summed E-state index contributed by atoms with van der Waals surface area (Å²) in [5.74, 6) is -2.54. The highest BCUT2D eigenvalue weighted by Crippen LogP contribution is 2.15. The van der Waals surface area contributed by atoms with Crippen molar-refractivity contribution in [1.82, 2.24) is 5.32 Å². The molecule has 8 heteroatoms. The lowest BCUT2D eigenvalue weighted by molar-refractivity contribution is -0.174. The third kappa shape index (κ3) is 7.86. The molecule has 2 atom stereocenters. The first kappa shape index (κ1) is 22.0. The van der Waals surface area contributed by atoms with Crippen LogP contribution in [0.15, 0.2) is 28.7 Å². The van der Waals surface area contributed by atoms with E-state index in [1.54, 1.807) is 20.8 Å². The lowest BCUT2D eigenvalue weighted by atomic mass is 9.99. The van der Waals surface area contributed by atoms with E-state index in [9.17, 15) is 19.5 Å². The van der Waals surface area contributed by atoms with Gasteiger partial charge >= 0.3 is 18.0 Å². The minimum Gasteiger partial charge on any atom is -0.481 e. The van der Waals surface area contributed by atoms with Gasteiger partial charge in [0.05, 0.1) is 5.92 Å². The number of rotatable bonds is 9. The Bertz CT molecular complexity index is 634. The van der Waals surface area contributed by atoms with Crippen molar-refractivity contribution in [2.24, 2.45) is 11.8 Å². The molecule has 1 amide bonds. The third-order valence-corrected chi connectivity index (χ3v) is 4.01. The molecule has 0 heterocycles. The minimum atomic E-state index is -1.02. The number of hydrogen-bond acceptors (Lipinski definition) is 5. The van der Waals surface area contributed by atoms with Gasteiger partial charge in [-0.05, 0) is 24.1 Å². The molecular formula is C18H24BrNO6. The van der Waals surface area contributed by atoms with Gasteiger partial charge in [0.25, 0.3) is 6.29 Å². The Kier molecular flexibility index (Phi) is 9.12. The van der Waals surface area contributed by atoms with Gasteiger partial charge in [-0.1, -0.05) is 48.8 Å². The lowest BCUT2D eigenvalue weighted by Crippen LogP contribution is -2.38. The van der Waals surface area contributed by atoms with Gasteiger partial charge in [0.15, 0.2) is 0 Å². The first-order valence-corrected chi connectivity index (χ1v) is 9.13. The maximum Gasteiger partial charge on any atom is 0.410 e. The fraction of sp³-hybridized carbons (Fsp3) is 0.500. The van der Waals surface area contributed by atoms with E-state index in [-0.39, 0.29) is 25.3 Å². The summed E-state index contributed by atoms with van der Waals surface area (Å²) in [6, 6.07) is 7.30. The molecule has 0 spiro atoms. The molecule has 1 rings (SSSR count). The quantitative estimate of drug-likeness (QED) is 0.460. The van der Waals surface area contributed by atoms with Gasteiger partial charge in [-0.2, -0.15) is 0 Å². The van der Waals surface area contributed by atoms with Gasteiger partial charge in [-0.15, -0.1) is 0 Å². The van der Waals surface area contributed by atoms with E-state index in [0.29, 0.717) is 0 Å². The van der Waals surface area contributed by atoms with E-state index in [2.05, 4.69) is 21.2 Å². The number of carboxylic acid groups (broad SMARTS) is 1. The Morgan fingerprint density at radius 1 is 1.23 bits per heavy atom. The van der Waals surface area contributed by atoms with Gasteiger partial charge in [-0.25, -0.2) is 4.79 Å². The van der Waals surface area contributed by atoms with E-state index < -0.39 is 30.2 Å². The number of alkyl carbamates (subject to hydrolysis) is 1. The lowest BCUT2D eigenvalue weighted by Gasteiger charge is -2.22. The molecule has 1 aromatic rings. The van der Waals surface area contributed by atoms with Crippen molar-refractivity contribution < 1.29 is 29.0 Å². The van der Waals surface area contributed by atoms with Crippen molar-refractivity contribution >= 4 is 34.0 Å². The Morgan fingerprint density at radius 2 is 1.92 bits per heavy atom. The number of halogens is 1. The van der Waals surface area contributed by atoms with Crippen LogP contribution in [0.1, 0.15) is 32.8 Å². The van der Waals surface area contributed by atoms with Crippen LogP contribution in [0.25, 0.3) is 0 Å². The van der Waals surface area contributed by atoms with Gasteiger partial charge in [0.1, 0.15) is 0 Å². The molecule has 0 aliphatic heterocycles. The van der Waals surface area contributed by atoms with Gasteiger partial charge in [0.2, 0.25) is 0 Å². The zero-order chi connectivity index (χ0) is 19.7. The maximum absolute atomic E-state index is 11.9. The van der Waals surface area contributed by atoms with Crippen molar-refractivity contribution in [1.29, 1.82) is 0 Å². The highest BCUT2D eigenvalue weighted by Gasteiger charge is 2.24. The normalized spacial score (nSPS) is 13.0. The zero-order valence-corrected chi connectivity index (χ0v) is 16.6. The van der Waals surface area contributed by atoms with Crippen LogP contribution in [0.2, 0.25) is 0 Å². The number of amides is 1. The van der Waals surface area contributed by atoms with Crippen molar-refractivity contribution in [2.45, 2.75) is 39.9 Å². The Morgan fingerprint density at radius 3 is 2.46 bits per heavy atom. The Hall–Kier alpha value is -2.09. The number of carbonyl (C=O) groups is 3. The monoisotopic (exact) mass is 429 g/mol. The summed E-state index contributed by atoms with van der Waals surface area (Å²) in [5.41, 5.74) is 0.832. The second-order valence-corrected chi connectivity index (χ2v) is 7.03. The molecule has 0 aliphatic carbocycles. The molecule has 0 bridgehead atoms. The van der Waals surface area contributed by atoms with Crippen molar-refractivity contribution in [3.63, 3.8) is 0 Å². The Labute approximate surface area is 161 Å². The van der Waals surface area contributed by atoms with Gasteiger partial charge in [-0.3, -0.25) is 9.59 Å². The fourth-order valence-electron chi connectivity index (χ4n) is 2.06. The number of nitrogens with one attached hydrogen (secondary N) is 1. The maximum atomic E-state index is 11.9. The molecule has 0 fully saturated rings. The largest absolute Gasteiger partial charge is 0.481 e. The zero-order valence-electron chi connectivity index (χ0n) is 15.0. The van der Waals surface area contributed by atoms with Crippen LogP contribution < -0.4 is 5.32 Å². The molecule has 0 saturated heterocycles. The highest BCUT2D eigenvalue weighted by molar-refractivity contribution is 9.10. The van der Waals surface area contributed by atoms with Crippen LogP contribution in [-0.4, -0.2) is 36.0 Å². The van der Waals surface area contributed by atoms with E-state index in [1.165, 1.54) is 0 Å². The molecule has 0 radical (unpaired) electrons. The summed E-state index contributed by atoms with van der Waals surface area (Å²) in [4.78, 5) is 34.8. The van der Waals surface area contributed by atoms with E-state index in [4.69, 9.17) is 9.47 Å². The number of hydrogen-bond donors (Lipinski definition) is 2. The van der Waals surface area contributed by atoms with Crippen LogP contribution in [0, 0.1) is 11.8 Å². The second-order valence-electron chi connectivity index (χ2n) is 6.11. The van der Waals surface area contributed by atoms with Crippen LogP contribution in [0.3, 0.4) is 0 Å². The van der Waals surface area contributed by atoms with E-state index in [0.717, 1.165) is 10.0 Å². The molecule has 1 aromatic carbocycles. The van der Waals surface area contributed by atoms with Gasteiger partial charge < -0.3 is 19.9 Å². The topological polar surface area (TPSA) is 102 Å². The number of esters is 1. The number of benzene rings is 1. The predicted octanol–water partition coefficient (Wildman–Crippen LogP) is 3.35. The fourth-order valence-corrected chi connectivity index (χ4v) is 2.50. The van der Waals surface area contributed by atoms with Crippen molar-refractivity contribution in [3.8, 4) is 0 Å². The summed E-state index contributed by atoms with van der Waals surface area (Å²) < 4.78 is 11.0. The standard InChI is InChI=1S/C18H24BrNO6/c1-4-15(21)25-17(11(2)3)26-18(24)20-10-13(16(22)23)8-12-6-5-7-14(19)9-12/h5-7,9,11,13,17H,4,8,10H2,1-3H3,(H,20,24)(H,22,23)/t13-,17+/m0/s1. The van der Waals surface area contributed by atoms with Crippen LogP contribution in [-0.2, 0) is 25.5 Å². The van der Waals surface area contributed by atoms with Crippen molar-refractivity contribution in [3.05, 3.63) is 34.3 Å². The Balaban J connectivity index is 2.60. The average Bonchev–Trinajstić information content (AvgIpc) is 2.57. The first-order chi connectivity index (χ1) is 12.2. The smallest absolute Gasteiger partial charge is 0.410 e. The molecule has 0 unspecified atom stereocenters. The highest BCUT2D eigenvalue weighted by atomic mass is 79.9. The summed E-state index contributed by atoms with van der Waals surface area (Å²) >= 11 is 3.34. The molecule has 0 saturated carbocycles. The molecule has 7 nitrogen and oxygen atoms in total. The predicted molar refractivity (Wildman–Crippen MR) is 98.5 cm³/mol. The van der Waals surface area contributed by atoms with Crippen LogP contribution in [0.5, 0.6) is 0 Å². The van der Waals surface area contributed by atoms with Crippen LogP contribution in [0.4, 0.5) is 4.79 Å². The summed E-state index contributed by atoms with van der Waals surface area (Å²) in [5, 5.41) is 11.8.